The molecule has 0 unspecified atom stereocenters. The third-order valence-electron chi connectivity index (χ3n) is 3.52. The summed E-state index contributed by atoms with van der Waals surface area (Å²) in [6.45, 7) is -0.416. The molecular weight excluding hydrogens is 423 g/mol. The summed E-state index contributed by atoms with van der Waals surface area (Å²) in [5.74, 6) is -1.62. The SMILES string of the molecule is O=C(CN1C(=O)S/C(=C/c2ccccc2F)C1=O)Nc1ccccc1Br. The van der Waals surface area contributed by atoms with Gasteiger partial charge in [0.1, 0.15) is 12.4 Å². The third kappa shape index (κ3) is 4.03. The third-order valence-corrected chi connectivity index (χ3v) is 5.11. The zero-order valence-corrected chi connectivity index (χ0v) is 15.6. The molecule has 0 bridgehead atoms. The summed E-state index contributed by atoms with van der Waals surface area (Å²) < 4.78 is 14.4. The highest BCUT2D eigenvalue weighted by molar-refractivity contribution is 9.10. The first-order valence-corrected chi connectivity index (χ1v) is 9.11. The van der Waals surface area contributed by atoms with Gasteiger partial charge in [-0.25, -0.2) is 4.39 Å². The van der Waals surface area contributed by atoms with Gasteiger partial charge in [-0.1, -0.05) is 30.3 Å². The number of rotatable bonds is 4. The molecule has 132 valence electrons. The van der Waals surface area contributed by atoms with E-state index in [-0.39, 0.29) is 10.5 Å². The summed E-state index contributed by atoms with van der Waals surface area (Å²) in [4.78, 5) is 37.5. The minimum absolute atomic E-state index is 0.0776. The Morgan fingerprint density at radius 3 is 2.58 bits per heavy atom. The highest BCUT2D eigenvalue weighted by atomic mass is 79.9. The van der Waals surface area contributed by atoms with E-state index in [0.29, 0.717) is 21.9 Å². The van der Waals surface area contributed by atoms with Crippen molar-refractivity contribution in [2.45, 2.75) is 0 Å². The first-order chi connectivity index (χ1) is 12.5. The molecule has 1 saturated heterocycles. The Hall–Kier alpha value is -2.45. The van der Waals surface area contributed by atoms with E-state index in [0.717, 1.165) is 4.90 Å². The number of halogens is 2. The quantitative estimate of drug-likeness (QED) is 0.729. The van der Waals surface area contributed by atoms with Crippen LogP contribution in [0.15, 0.2) is 57.9 Å². The smallest absolute Gasteiger partial charge is 0.294 e. The summed E-state index contributed by atoms with van der Waals surface area (Å²) >= 11 is 3.98. The molecule has 3 amide bonds. The van der Waals surface area contributed by atoms with E-state index in [2.05, 4.69) is 21.2 Å². The van der Waals surface area contributed by atoms with Crippen LogP contribution in [0.2, 0.25) is 0 Å². The first kappa shape index (κ1) is 18.3. The second-order valence-corrected chi connectivity index (χ2v) is 7.16. The Kier molecular flexibility index (Phi) is 5.53. The predicted octanol–water partition coefficient (Wildman–Crippen LogP) is 4.26. The lowest BCUT2D eigenvalue weighted by molar-refractivity contribution is -0.127. The number of carbonyl (C=O) groups is 3. The number of anilines is 1. The van der Waals surface area contributed by atoms with Gasteiger partial charge >= 0.3 is 0 Å². The summed E-state index contributed by atoms with van der Waals surface area (Å²) in [6.07, 6.45) is 1.31. The molecule has 0 atom stereocenters. The van der Waals surface area contributed by atoms with E-state index in [1.807, 2.05) is 0 Å². The van der Waals surface area contributed by atoms with Crippen LogP contribution in [0, 0.1) is 5.82 Å². The van der Waals surface area contributed by atoms with Crippen LogP contribution in [0.4, 0.5) is 14.9 Å². The lowest BCUT2D eigenvalue weighted by Gasteiger charge is -2.13. The number of nitrogens with zero attached hydrogens (tertiary/aromatic N) is 1. The van der Waals surface area contributed by atoms with Crippen LogP contribution in [-0.2, 0) is 9.59 Å². The van der Waals surface area contributed by atoms with Crippen LogP contribution in [-0.4, -0.2) is 28.5 Å². The van der Waals surface area contributed by atoms with Crippen molar-refractivity contribution in [1.82, 2.24) is 4.90 Å². The fourth-order valence-corrected chi connectivity index (χ4v) is 3.48. The van der Waals surface area contributed by atoms with E-state index in [9.17, 15) is 18.8 Å². The number of hydrogen-bond acceptors (Lipinski definition) is 4. The van der Waals surface area contributed by atoms with Crippen LogP contribution >= 0.6 is 27.7 Å². The molecule has 0 aliphatic carbocycles. The van der Waals surface area contributed by atoms with Crippen LogP contribution < -0.4 is 5.32 Å². The molecule has 26 heavy (non-hydrogen) atoms. The Bertz CT molecular complexity index is 932. The van der Waals surface area contributed by atoms with Gasteiger partial charge in [-0.05, 0) is 52.0 Å². The zero-order chi connectivity index (χ0) is 18.7. The summed E-state index contributed by atoms with van der Waals surface area (Å²) in [5.41, 5.74) is 0.738. The molecule has 1 N–H and O–H groups in total. The van der Waals surface area contributed by atoms with Crippen molar-refractivity contribution in [2.24, 2.45) is 0 Å². The maximum atomic E-state index is 13.7. The maximum Gasteiger partial charge on any atom is 0.294 e. The van der Waals surface area contributed by atoms with Gasteiger partial charge in [0.25, 0.3) is 11.1 Å². The van der Waals surface area contributed by atoms with Gasteiger partial charge in [0.2, 0.25) is 5.91 Å². The largest absolute Gasteiger partial charge is 0.324 e. The van der Waals surface area contributed by atoms with Crippen LogP contribution in [0.3, 0.4) is 0 Å². The molecule has 2 aromatic rings. The average Bonchev–Trinajstić information content (AvgIpc) is 2.86. The topological polar surface area (TPSA) is 66.5 Å². The molecule has 8 heteroatoms. The highest BCUT2D eigenvalue weighted by Crippen LogP contribution is 2.32. The number of amides is 3. The minimum atomic E-state index is -0.620. The standard InChI is InChI=1S/C18H12BrFN2O3S/c19-12-6-2-4-8-14(12)21-16(23)10-22-17(24)15(26-18(22)25)9-11-5-1-3-7-13(11)20/h1-9H,10H2,(H,21,23)/b15-9+. The molecule has 0 saturated carbocycles. The Labute approximate surface area is 161 Å². The molecular formula is C18H12BrFN2O3S. The molecule has 1 fully saturated rings. The molecule has 1 aliphatic heterocycles. The van der Waals surface area contributed by atoms with E-state index < -0.39 is 29.4 Å². The number of benzene rings is 2. The van der Waals surface area contributed by atoms with Gasteiger partial charge in [-0.15, -0.1) is 0 Å². The molecule has 1 heterocycles. The molecule has 1 aliphatic rings. The van der Waals surface area contributed by atoms with Crippen molar-refractivity contribution in [3.63, 3.8) is 0 Å². The number of imide groups is 1. The molecule has 0 spiro atoms. The van der Waals surface area contributed by atoms with Crippen molar-refractivity contribution in [2.75, 3.05) is 11.9 Å². The second-order valence-electron chi connectivity index (χ2n) is 5.32. The average molecular weight is 435 g/mol. The number of nitrogens with one attached hydrogen (secondary N) is 1. The van der Waals surface area contributed by atoms with Crippen molar-refractivity contribution < 1.29 is 18.8 Å². The van der Waals surface area contributed by atoms with E-state index in [1.54, 1.807) is 30.3 Å². The lowest BCUT2D eigenvalue weighted by atomic mass is 10.2. The molecule has 3 rings (SSSR count). The van der Waals surface area contributed by atoms with Gasteiger partial charge in [0.05, 0.1) is 10.6 Å². The van der Waals surface area contributed by atoms with Crippen molar-refractivity contribution in [3.05, 3.63) is 69.3 Å². The molecule has 2 aromatic carbocycles. The number of thioether (sulfide) groups is 1. The van der Waals surface area contributed by atoms with Gasteiger partial charge in [-0.3, -0.25) is 19.3 Å². The number of carbonyl (C=O) groups excluding carboxylic acids is 3. The van der Waals surface area contributed by atoms with Crippen molar-refractivity contribution in [1.29, 1.82) is 0 Å². The van der Waals surface area contributed by atoms with Crippen LogP contribution in [0.1, 0.15) is 5.56 Å². The Morgan fingerprint density at radius 1 is 1.15 bits per heavy atom. The monoisotopic (exact) mass is 434 g/mol. The van der Waals surface area contributed by atoms with Gasteiger partial charge < -0.3 is 5.32 Å². The Morgan fingerprint density at radius 2 is 1.85 bits per heavy atom. The van der Waals surface area contributed by atoms with Gasteiger partial charge in [0.15, 0.2) is 0 Å². The molecule has 5 nitrogen and oxygen atoms in total. The van der Waals surface area contributed by atoms with Crippen molar-refractivity contribution in [3.8, 4) is 0 Å². The first-order valence-electron chi connectivity index (χ1n) is 7.50. The van der Waals surface area contributed by atoms with Gasteiger partial charge in [-0.2, -0.15) is 0 Å². The van der Waals surface area contributed by atoms with Crippen LogP contribution in [0.25, 0.3) is 6.08 Å². The predicted molar refractivity (Wildman–Crippen MR) is 102 cm³/mol. The highest BCUT2D eigenvalue weighted by Gasteiger charge is 2.36. The number of para-hydroxylation sites is 1. The molecule has 0 aromatic heterocycles. The molecule has 0 radical (unpaired) electrons. The Balaban J connectivity index is 1.72. The summed E-state index contributed by atoms with van der Waals surface area (Å²) in [6, 6.07) is 12.9. The van der Waals surface area contributed by atoms with E-state index in [4.69, 9.17) is 0 Å². The lowest BCUT2D eigenvalue weighted by Crippen LogP contribution is -2.36. The normalized spacial score (nSPS) is 15.6. The maximum absolute atomic E-state index is 13.7. The second kappa shape index (κ2) is 7.84. The summed E-state index contributed by atoms with van der Waals surface area (Å²) in [5, 5.41) is 2.06. The van der Waals surface area contributed by atoms with E-state index >= 15 is 0 Å². The summed E-state index contributed by atoms with van der Waals surface area (Å²) in [7, 11) is 0. The fourth-order valence-electron chi connectivity index (χ4n) is 2.27. The minimum Gasteiger partial charge on any atom is -0.324 e. The zero-order valence-electron chi connectivity index (χ0n) is 13.2. The number of hydrogen-bond donors (Lipinski definition) is 1. The van der Waals surface area contributed by atoms with Gasteiger partial charge in [0, 0.05) is 10.0 Å². The van der Waals surface area contributed by atoms with Crippen LogP contribution in [0.5, 0.6) is 0 Å². The van der Waals surface area contributed by atoms with E-state index in [1.165, 1.54) is 24.3 Å². The fraction of sp³-hybridized carbons (Fsp3) is 0.0556. The van der Waals surface area contributed by atoms with Crippen molar-refractivity contribution >= 4 is 56.5 Å².